The van der Waals surface area contributed by atoms with Gasteiger partial charge in [-0.1, -0.05) is 36.4 Å². The van der Waals surface area contributed by atoms with Gasteiger partial charge in [0.15, 0.2) is 0 Å². The molecule has 2 aromatic carbocycles. The van der Waals surface area contributed by atoms with E-state index in [0.29, 0.717) is 11.2 Å². The van der Waals surface area contributed by atoms with Gasteiger partial charge in [-0.3, -0.25) is 4.89 Å². The van der Waals surface area contributed by atoms with E-state index in [1.165, 1.54) is 0 Å². The molecular formula is C12H9O3P. The molecule has 0 radical (unpaired) electrons. The molecule has 0 bridgehead atoms. The van der Waals surface area contributed by atoms with E-state index < -0.39 is 8.24 Å². The van der Waals surface area contributed by atoms with Gasteiger partial charge in [0.05, 0.1) is 0 Å². The maximum atomic E-state index is 9.60. The van der Waals surface area contributed by atoms with Crippen LogP contribution in [0.1, 0.15) is 0 Å². The minimum atomic E-state index is -1.89. The van der Waals surface area contributed by atoms with Crippen LogP contribution in [0.5, 0.6) is 0 Å². The molecule has 0 aliphatic rings. The Kier molecular flexibility index (Phi) is 2.21. The number of rotatable bonds is 0. The molecule has 0 atom stereocenters. The average Bonchev–Trinajstić information content (AvgIpc) is 2.44. The van der Waals surface area contributed by atoms with Gasteiger partial charge in [0.1, 0.15) is 11.2 Å². The number of hydrogen-bond acceptors (Lipinski definition) is 3. The normalized spacial score (nSPS) is 10.8. The van der Waals surface area contributed by atoms with E-state index >= 15 is 0 Å². The lowest BCUT2D eigenvalue weighted by atomic mass is 10.1. The van der Waals surface area contributed by atoms with Gasteiger partial charge in [-0.05, 0) is 12.1 Å². The fourth-order valence-corrected chi connectivity index (χ4v) is 2.42. The second kappa shape index (κ2) is 3.71. The highest BCUT2D eigenvalue weighted by Gasteiger charge is 2.02. The molecule has 1 N–H and O–H groups in total. The van der Waals surface area contributed by atoms with Crippen molar-refractivity contribution >= 4 is 30.2 Å². The van der Waals surface area contributed by atoms with Crippen LogP contribution in [0.25, 0.3) is 21.9 Å². The van der Waals surface area contributed by atoms with E-state index in [1.54, 1.807) is 0 Å². The fourth-order valence-electron chi connectivity index (χ4n) is 1.72. The Bertz CT molecular complexity index is 630. The van der Waals surface area contributed by atoms with E-state index in [4.69, 9.17) is 8.39 Å². The summed E-state index contributed by atoms with van der Waals surface area (Å²) in [6, 6.07) is 15.2. The van der Waals surface area contributed by atoms with E-state index in [1.807, 2.05) is 48.5 Å². The van der Waals surface area contributed by atoms with Crippen molar-refractivity contribution in [2.24, 2.45) is 0 Å². The molecule has 3 rings (SSSR count). The summed E-state index contributed by atoms with van der Waals surface area (Å²) in [6.45, 7) is 0. The molecule has 0 aliphatic heterocycles. The Morgan fingerprint density at radius 1 is 0.750 bits per heavy atom. The lowest BCUT2D eigenvalue weighted by Gasteiger charge is -1.92. The summed E-state index contributed by atoms with van der Waals surface area (Å²) in [4.78, 5) is 9.60. The van der Waals surface area contributed by atoms with Crippen LogP contribution in [0.4, 0.5) is 0 Å². The minimum Gasteiger partial charge on any atom is -0.399 e. The van der Waals surface area contributed by atoms with Crippen molar-refractivity contribution in [2.75, 3.05) is 0 Å². The summed E-state index contributed by atoms with van der Waals surface area (Å²) in [5.74, 6) is 0. The summed E-state index contributed by atoms with van der Waals surface area (Å²) in [6.07, 6.45) is 0. The van der Waals surface area contributed by atoms with E-state index in [2.05, 4.69) is 0 Å². The van der Waals surface area contributed by atoms with Crippen LogP contribution in [0.15, 0.2) is 56.9 Å². The third-order valence-electron chi connectivity index (χ3n) is 2.42. The first-order chi connectivity index (χ1) is 7.84. The molecule has 0 aliphatic carbocycles. The molecule has 0 saturated heterocycles. The maximum Gasteiger partial charge on any atom is 0.384 e. The van der Waals surface area contributed by atoms with Gasteiger partial charge < -0.3 is 8.39 Å². The van der Waals surface area contributed by atoms with Gasteiger partial charge in [0.25, 0.3) is 0 Å². The van der Waals surface area contributed by atoms with E-state index in [-0.39, 0.29) is 0 Å². The van der Waals surface area contributed by atoms with Crippen molar-refractivity contribution in [3.63, 3.8) is 0 Å². The molecule has 1 aromatic heterocycles. The topological polar surface area (TPSA) is 46.5 Å². The second-order valence-electron chi connectivity index (χ2n) is 3.41. The predicted molar refractivity (Wildman–Crippen MR) is 63.9 cm³/mol. The average molecular weight is 232 g/mol. The number of para-hydroxylation sites is 2. The van der Waals surface area contributed by atoms with Gasteiger partial charge in [-0.2, -0.15) is 0 Å². The molecule has 16 heavy (non-hydrogen) atoms. The van der Waals surface area contributed by atoms with Crippen molar-refractivity contribution in [3.05, 3.63) is 48.5 Å². The SMILES string of the molecule is Op1oc2ccccc2c2ccccc2o1. The van der Waals surface area contributed by atoms with Crippen LogP contribution in [0.3, 0.4) is 0 Å². The second-order valence-corrected chi connectivity index (χ2v) is 4.25. The third kappa shape index (κ3) is 1.51. The smallest absolute Gasteiger partial charge is 0.384 e. The molecule has 3 nitrogen and oxygen atoms in total. The van der Waals surface area contributed by atoms with Gasteiger partial charge in [-0.15, -0.1) is 0 Å². The zero-order valence-corrected chi connectivity index (χ0v) is 9.22. The van der Waals surface area contributed by atoms with Crippen LogP contribution in [0, 0.1) is 0 Å². The Balaban J connectivity index is 2.66. The first-order valence-electron chi connectivity index (χ1n) is 4.88. The van der Waals surface area contributed by atoms with Crippen LogP contribution in [0.2, 0.25) is 0 Å². The van der Waals surface area contributed by atoms with E-state index in [0.717, 1.165) is 10.8 Å². The quantitative estimate of drug-likeness (QED) is 0.636. The highest BCUT2D eigenvalue weighted by atomic mass is 31.1. The summed E-state index contributed by atoms with van der Waals surface area (Å²) < 4.78 is 10.7. The van der Waals surface area contributed by atoms with E-state index in [9.17, 15) is 4.89 Å². The Morgan fingerprint density at radius 3 is 1.69 bits per heavy atom. The summed E-state index contributed by atoms with van der Waals surface area (Å²) in [7, 11) is -1.89. The number of hydrogen-bond donors (Lipinski definition) is 1. The Labute approximate surface area is 92.6 Å². The zero-order valence-electron chi connectivity index (χ0n) is 8.33. The molecule has 1 heterocycles. The highest BCUT2D eigenvalue weighted by Crippen LogP contribution is 2.31. The van der Waals surface area contributed by atoms with Gasteiger partial charge in [-0.25, -0.2) is 0 Å². The molecule has 0 fully saturated rings. The lowest BCUT2D eigenvalue weighted by Crippen LogP contribution is -1.69. The van der Waals surface area contributed by atoms with Crippen molar-refractivity contribution in [3.8, 4) is 0 Å². The van der Waals surface area contributed by atoms with Crippen molar-refractivity contribution < 1.29 is 13.3 Å². The third-order valence-corrected chi connectivity index (χ3v) is 3.12. The monoisotopic (exact) mass is 232 g/mol. The Morgan fingerprint density at radius 2 is 1.19 bits per heavy atom. The van der Waals surface area contributed by atoms with Crippen molar-refractivity contribution in [2.45, 2.75) is 0 Å². The van der Waals surface area contributed by atoms with Gasteiger partial charge in [0.2, 0.25) is 0 Å². The lowest BCUT2D eigenvalue weighted by molar-refractivity contribution is 0.495. The number of benzene rings is 2. The molecule has 0 saturated carbocycles. The summed E-state index contributed by atoms with van der Waals surface area (Å²) >= 11 is 0. The maximum absolute atomic E-state index is 9.60. The van der Waals surface area contributed by atoms with Crippen molar-refractivity contribution in [1.82, 2.24) is 0 Å². The van der Waals surface area contributed by atoms with Crippen molar-refractivity contribution in [1.29, 1.82) is 0 Å². The molecule has 3 aromatic rings. The zero-order chi connectivity index (χ0) is 11.0. The van der Waals surface area contributed by atoms with Gasteiger partial charge in [0, 0.05) is 10.8 Å². The molecule has 4 heteroatoms. The molecule has 0 spiro atoms. The summed E-state index contributed by atoms with van der Waals surface area (Å²) in [5.41, 5.74) is 1.31. The molecule has 80 valence electrons. The molecular weight excluding hydrogens is 223 g/mol. The fraction of sp³-hybridized carbons (Fsp3) is 0. The summed E-state index contributed by atoms with van der Waals surface area (Å²) in [5, 5.41) is 1.88. The van der Waals surface area contributed by atoms with Crippen LogP contribution < -0.4 is 0 Å². The molecule has 0 unspecified atom stereocenters. The standard InChI is InChI=1S/C12H9O3P/c13-16-14-11-7-3-1-5-9(11)10-6-2-4-8-12(10)15-16/h1-8,13H. The Hall–Kier alpha value is -1.70. The first-order valence-corrected chi connectivity index (χ1v) is 6.01. The van der Waals surface area contributed by atoms with Crippen LogP contribution >= 0.6 is 8.24 Å². The highest BCUT2D eigenvalue weighted by molar-refractivity contribution is 7.30. The van der Waals surface area contributed by atoms with Gasteiger partial charge >= 0.3 is 8.24 Å². The largest absolute Gasteiger partial charge is 0.399 e. The van der Waals surface area contributed by atoms with Crippen LogP contribution in [-0.4, -0.2) is 4.89 Å². The molecule has 0 amide bonds. The predicted octanol–water partition coefficient (Wildman–Crippen LogP) is 4.05. The first kappa shape index (κ1) is 9.52. The minimum absolute atomic E-state index is 0.654. The number of fused-ring (bicyclic) bond motifs is 3. The van der Waals surface area contributed by atoms with Crippen LogP contribution in [-0.2, 0) is 0 Å².